The maximum atomic E-state index is 13.1. The first-order valence-electron chi connectivity index (χ1n) is 12.1. The van der Waals surface area contributed by atoms with Crippen LogP contribution in [-0.2, 0) is 6.54 Å². The van der Waals surface area contributed by atoms with Crippen LogP contribution >= 0.6 is 0 Å². The minimum Gasteiger partial charge on any atom is -0.474 e. The topological polar surface area (TPSA) is 123 Å². The van der Waals surface area contributed by atoms with Crippen LogP contribution in [0.3, 0.4) is 0 Å². The van der Waals surface area contributed by atoms with E-state index in [0.29, 0.717) is 18.1 Å². The number of aromatic amines is 1. The zero-order valence-corrected chi connectivity index (χ0v) is 19.9. The lowest BCUT2D eigenvalue weighted by molar-refractivity contribution is -0.0849. The van der Waals surface area contributed by atoms with Crippen LogP contribution in [0.5, 0.6) is 5.88 Å². The molecular formula is C26H29N7O2. The van der Waals surface area contributed by atoms with E-state index < -0.39 is 0 Å². The number of fused-ring (bicyclic) bond motifs is 1. The van der Waals surface area contributed by atoms with Crippen LogP contribution in [-0.4, -0.2) is 42.6 Å². The van der Waals surface area contributed by atoms with Crippen molar-refractivity contribution in [1.82, 2.24) is 29.9 Å². The number of H-pyrrole nitrogens is 1. The van der Waals surface area contributed by atoms with Crippen molar-refractivity contribution >= 4 is 11.4 Å². The zero-order valence-electron chi connectivity index (χ0n) is 19.9. The van der Waals surface area contributed by atoms with Crippen molar-refractivity contribution in [2.24, 2.45) is 11.1 Å². The summed E-state index contributed by atoms with van der Waals surface area (Å²) in [6.07, 6.45) is 9.71. The molecule has 4 aromatic heterocycles. The first kappa shape index (κ1) is 21.8. The van der Waals surface area contributed by atoms with E-state index in [0.717, 1.165) is 59.4 Å². The van der Waals surface area contributed by atoms with Gasteiger partial charge in [-0.15, -0.1) is 0 Å². The third kappa shape index (κ3) is 3.76. The molecule has 2 aliphatic rings. The van der Waals surface area contributed by atoms with Crippen LogP contribution in [0.1, 0.15) is 53.3 Å². The van der Waals surface area contributed by atoms with Gasteiger partial charge in [-0.25, -0.2) is 9.97 Å². The Labute approximate surface area is 203 Å². The van der Waals surface area contributed by atoms with E-state index in [4.69, 9.17) is 10.5 Å². The average Bonchev–Trinajstić information content (AvgIpc) is 3.39. The fourth-order valence-corrected chi connectivity index (χ4v) is 5.72. The number of amides is 1. The van der Waals surface area contributed by atoms with E-state index in [1.54, 1.807) is 6.20 Å². The summed E-state index contributed by atoms with van der Waals surface area (Å²) >= 11 is 0. The third-order valence-corrected chi connectivity index (χ3v) is 7.53. The number of hydrogen-bond donors (Lipinski definition) is 3. The van der Waals surface area contributed by atoms with Crippen LogP contribution in [0.15, 0.2) is 42.9 Å². The van der Waals surface area contributed by atoms with E-state index in [-0.39, 0.29) is 23.5 Å². The number of nitrogens with two attached hydrogens (primary N) is 1. The number of nitrogens with zero attached hydrogens (tertiary/aromatic N) is 4. The summed E-state index contributed by atoms with van der Waals surface area (Å²) < 4.78 is 8.06. The van der Waals surface area contributed by atoms with Gasteiger partial charge in [-0.1, -0.05) is 12.1 Å². The summed E-state index contributed by atoms with van der Waals surface area (Å²) in [7, 11) is 0. The van der Waals surface area contributed by atoms with Gasteiger partial charge in [0.2, 0.25) is 5.88 Å². The summed E-state index contributed by atoms with van der Waals surface area (Å²) in [6, 6.07) is 7.96. The van der Waals surface area contributed by atoms with Gasteiger partial charge in [0.05, 0.1) is 11.2 Å². The molecule has 0 saturated heterocycles. The Kier molecular flexibility index (Phi) is 5.10. The molecule has 2 fully saturated rings. The van der Waals surface area contributed by atoms with Crippen molar-refractivity contribution < 1.29 is 9.53 Å². The molecule has 180 valence electrons. The maximum absolute atomic E-state index is 13.1. The predicted molar refractivity (Wildman–Crippen MR) is 131 cm³/mol. The van der Waals surface area contributed by atoms with Crippen LogP contribution < -0.4 is 15.8 Å². The highest BCUT2D eigenvalue weighted by Crippen LogP contribution is 2.56. The van der Waals surface area contributed by atoms with Crippen molar-refractivity contribution in [3.05, 3.63) is 65.6 Å². The second kappa shape index (κ2) is 8.20. The van der Waals surface area contributed by atoms with Gasteiger partial charge in [0.25, 0.3) is 5.91 Å². The van der Waals surface area contributed by atoms with Crippen molar-refractivity contribution in [3.63, 3.8) is 0 Å². The predicted octanol–water partition coefficient (Wildman–Crippen LogP) is 3.31. The van der Waals surface area contributed by atoms with E-state index in [1.807, 2.05) is 54.9 Å². The Morgan fingerprint density at radius 3 is 2.83 bits per heavy atom. The number of nitrogens with one attached hydrogen (secondary N) is 2. The lowest BCUT2D eigenvalue weighted by Gasteiger charge is -2.57. The SMILES string of the molecule is Cc1n[nH]cc1-c1ccc2c(C(=O)NC3CC4(C3)CC(Oc3ncccc3CN)C4)nc(C)n2c1. The Morgan fingerprint density at radius 1 is 1.26 bits per heavy atom. The third-order valence-electron chi connectivity index (χ3n) is 7.53. The quantitative estimate of drug-likeness (QED) is 0.396. The molecule has 9 heteroatoms. The number of rotatable bonds is 6. The average molecular weight is 472 g/mol. The molecule has 0 bridgehead atoms. The number of imidazole rings is 1. The highest BCUT2D eigenvalue weighted by Gasteiger charge is 2.54. The maximum Gasteiger partial charge on any atom is 0.272 e. The molecule has 4 N–H and O–H groups in total. The summed E-state index contributed by atoms with van der Waals surface area (Å²) in [6.45, 7) is 4.30. The van der Waals surface area contributed by atoms with E-state index in [1.165, 1.54) is 0 Å². The number of aryl methyl sites for hydroxylation is 2. The zero-order chi connectivity index (χ0) is 24.2. The molecule has 4 heterocycles. The molecule has 1 spiro atoms. The van der Waals surface area contributed by atoms with Crippen LogP contribution in [0.2, 0.25) is 0 Å². The van der Waals surface area contributed by atoms with E-state index in [9.17, 15) is 4.79 Å². The Balaban J connectivity index is 1.08. The number of carbonyl (C=O) groups excluding carboxylic acids is 1. The van der Waals surface area contributed by atoms with Gasteiger partial charge in [0.15, 0.2) is 5.69 Å². The molecule has 4 aromatic rings. The fourth-order valence-electron chi connectivity index (χ4n) is 5.72. The molecule has 6 rings (SSSR count). The van der Waals surface area contributed by atoms with E-state index >= 15 is 0 Å². The number of aromatic nitrogens is 5. The Hall–Kier alpha value is -3.72. The molecule has 0 aliphatic heterocycles. The summed E-state index contributed by atoms with van der Waals surface area (Å²) in [5.74, 6) is 1.31. The Bertz CT molecular complexity index is 1410. The smallest absolute Gasteiger partial charge is 0.272 e. The monoisotopic (exact) mass is 471 g/mol. The highest BCUT2D eigenvalue weighted by atomic mass is 16.5. The Morgan fingerprint density at radius 2 is 2.09 bits per heavy atom. The van der Waals surface area contributed by atoms with Crippen molar-refractivity contribution in [3.8, 4) is 17.0 Å². The molecule has 1 amide bonds. The fraction of sp³-hybridized carbons (Fsp3) is 0.385. The lowest BCUT2D eigenvalue weighted by Crippen LogP contribution is -2.58. The van der Waals surface area contributed by atoms with Gasteiger partial charge < -0.3 is 20.2 Å². The summed E-state index contributed by atoms with van der Waals surface area (Å²) in [5.41, 5.74) is 11.3. The van der Waals surface area contributed by atoms with Gasteiger partial charge in [-0.3, -0.25) is 9.89 Å². The molecule has 9 nitrogen and oxygen atoms in total. The second-order valence-corrected chi connectivity index (χ2v) is 9.96. The van der Waals surface area contributed by atoms with Crippen LogP contribution in [0.25, 0.3) is 16.6 Å². The molecular weight excluding hydrogens is 442 g/mol. The molecule has 35 heavy (non-hydrogen) atoms. The van der Waals surface area contributed by atoms with Gasteiger partial charge in [0.1, 0.15) is 11.9 Å². The molecule has 0 aromatic carbocycles. The molecule has 2 saturated carbocycles. The molecule has 0 unspecified atom stereocenters. The van der Waals surface area contributed by atoms with Gasteiger partial charge in [-0.05, 0) is 57.1 Å². The normalized spacial score (nSPS) is 23.2. The van der Waals surface area contributed by atoms with Gasteiger partial charge in [-0.2, -0.15) is 5.10 Å². The second-order valence-electron chi connectivity index (χ2n) is 9.96. The number of carbonyl (C=O) groups is 1. The first-order chi connectivity index (χ1) is 16.9. The standard InChI is InChI=1S/C26H29N7O2/c1-15-21(13-29-32-15)18-5-6-22-23(30-16(2)33(22)14-18)24(34)31-19-8-26(9-19)10-20(11-26)35-25-17(12-27)4-3-7-28-25/h3-7,13-14,19-20H,8-12,27H2,1-2H3,(H,29,32)(H,31,34). The minimum absolute atomic E-state index is 0.115. The largest absolute Gasteiger partial charge is 0.474 e. The number of ether oxygens (including phenoxy) is 1. The van der Waals surface area contributed by atoms with Crippen molar-refractivity contribution in [2.75, 3.05) is 0 Å². The summed E-state index contributed by atoms with van der Waals surface area (Å²) in [4.78, 5) is 22.0. The molecule has 2 aliphatic carbocycles. The minimum atomic E-state index is -0.115. The number of hydrogen-bond acceptors (Lipinski definition) is 6. The van der Waals surface area contributed by atoms with Gasteiger partial charge >= 0.3 is 0 Å². The van der Waals surface area contributed by atoms with Crippen LogP contribution in [0, 0.1) is 19.3 Å². The highest BCUT2D eigenvalue weighted by molar-refractivity contribution is 5.99. The van der Waals surface area contributed by atoms with E-state index in [2.05, 4.69) is 25.5 Å². The first-order valence-corrected chi connectivity index (χ1v) is 12.1. The van der Waals surface area contributed by atoms with Gasteiger partial charge in [0, 0.05) is 47.9 Å². The van der Waals surface area contributed by atoms with Crippen molar-refractivity contribution in [1.29, 1.82) is 0 Å². The lowest BCUT2D eigenvalue weighted by atomic mass is 9.53. The van der Waals surface area contributed by atoms with Crippen molar-refractivity contribution in [2.45, 2.75) is 58.2 Å². The molecule has 0 radical (unpaired) electrons. The van der Waals surface area contributed by atoms with Crippen LogP contribution in [0.4, 0.5) is 0 Å². The molecule has 0 atom stereocenters. The number of pyridine rings is 2. The summed E-state index contributed by atoms with van der Waals surface area (Å²) in [5, 5.41) is 10.3.